The lowest BCUT2D eigenvalue weighted by atomic mass is 9.80. The van der Waals surface area contributed by atoms with Crippen LogP contribution in [0.1, 0.15) is 33.1 Å². The van der Waals surface area contributed by atoms with Crippen LogP contribution in [0.4, 0.5) is 0 Å². The van der Waals surface area contributed by atoms with Gasteiger partial charge in [-0.25, -0.2) is 0 Å². The summed E-state index contributed by atoms with van der Waals surface area (Å²) in [6, 6.07) is 0. The topological polar surface area (TPSA) is 9.23 Å². The molecule has 0 aromatic rings. The molecule has 0 saturated heterocycles. The molecule has 0 spiro atoms. The van der Waals surface area contributed by atoms with E-state index in [2.05, 4.69) is 44.2 Å². The Morgan fingerprint density at radius 1 is 1.31 bits per heavy atom. The third-order valence-electron chi connectivity index (χ3n) is 3.65. The molecule has 0 bridgehead atoms. The Labute approximate surface area is 98.2 Å². The zero-order valence-electron chi connectivity index (χ0n) is 10.4. The van der Waals surface area contributed by atoms with Gasteiger partial charge in [0.05, 0.1) is 5.60 Å². The van der Waals surface area contributed by atoms with E-state index in [1.54, 1.807) is 0 Å². The molecule has 86 valence electrons. The van der Waals surface area contributed by atoms with Crippen molar-refractivity contribution in [2.45, 2.75) is 38.7 Å². The van der Waals surface area contributed by atoms with Crippen LogP contribution in [0.3, 0.4) is 0 Å². The van der Waals surface area contributed by atoms with Crippen LogP contribution in [0.15, 0.2) is 47.1 Å². The maximum absolute atomic E-state index is 5.81. The second kappa shape index (κ2) is 4.42. The Bertz CT molecular complexity index is 396. The van der Waals surface area contributed by atoms with Crippen molar-refractivity contribution in [1.82, 2.24) is 0 Å². The van der Waals surface area contributed by atoms with Gasteiger partial charge in [-0.15, -0.1) is 0 Å². The van der Waals surface area contributed by atoms with Gasteiger partial charge in [0.2, 0.25) is 0 Å². The lowest BCUT2D eigenvalue weighted by molar-refractivity contribution is 0.0240. The van der Waals surface area contributed by atoms with E-state index >= 15 is 0 Å². The van der Waals surface area contributed by atoms with Crippen molar-refractivity contribution in [3.8, 4) is 0 Å². The minimum atomic E-state index is -0.111. The predicted molar refractivity (Wildman–Crippen MR) is 68.3 cm³/mol. The summed E-state index contributed by atoms with van der Waals surface area (Å²) in [4.78, 5) is 0. The second-order valence-corrected chi connectivity index (χ2v) is 4.77. The molecular formula is C15H20O. The predicted octanol–water partition coefficient (Wildman–Crippen LogP) is 3.94. The molecule has 2 aliphatic carbocycles. The summed E-state index contributed by atoms with van der Waals surface area (Å²) in [5.41, 5.74) is 3.99. The lowest BCUT2D eigenvalue weighted by Crippen LogP contribution is -2.34. The Hall–Kier alpha value is -1.08. The van der Waals surface area contributed by atoms with Gasteiger partial charge in [0.1, 0.15) is 0 Å². The third kappa shape index (κ3) is 2.05. The average Bonchev–Trinajstić information content (AvgIpc) is 2.75. The number of hydrogen-bond donors (Lipinski definition) is 0. The highest BCUT2D eigenvalue weighted by Gasteiger charge is 2.33. The maximum Gasteiger partial charge on any atom is 0.0962 e. The van der Waals surface area contributed by atoms with E-state index in [-0.39, 0.29) is 5.60 Å². The van der Waals surface area contributed by atoms with Crippen LogP contribution in [-0.4, -0.2) is 12.7 Å². The van der Waals surface area contributed by atoms with Crippen molar-refractivity contribution in [2.75, 3.05) is 7.11 Å². The fourth-order valence-corrected chi connectivity index (χ4v) is 2.51. The van der Waals surface area contributed by atoms with E-state index in [0.29, 0.717) is 0 Å². The highest BCUT2D eigenvalue weighted by atomic mass is 16.5. The first-order valence-corrected chi connectivity index (χ1v) is 5.92. The number of hydrogen-bond acceptors (Lipinski definition) is 1. The first-order valence-electron chi connectivity index (χ1n) is 5.92. The van der Waals surface area contributed by atoms with Crippen LogP contribution in [0, 0.1) is 0 Å². The summed E-state index contributed by atoms with van der Waals surface area (Å²) < 4.78 is 5.81. The molecule has 1 unspecified atom stereocenters. The van der Waals surface area contributed by atoms with Crippen LogP contribution >= 0.6 is 0 Å². The van der Waals surface area contributed by atoms with E-state index in [9.17, 15) is 0 Å². The molecule has 0 heterocycles. The fourth-order valence-electron chi connectivity index (χ4n) is 2.51. The average molecular weight is 216 g/mol. The van der Waals surface area contributed by atoms with Gasteiger partial charge in [-0.3, -0.25) is 0 Å². The van der Waals surface area contributed by atoms with Crippen molar-refractivity contribution in [2.24, 2.45) is 0 Å². The molecule has 0 fully saturated rings. The summed E-state index contributed by atoms with van der Waals surface area (Å²) >= 11 is 0. The van der Waals surface area contributed by atoms with Gasteiger partial charge >= 0.3 is 0 Å². The van der Waals surface area contributed by atoms with Crippen LogP contribution in [0.5, 0.6) is 0 Å². The number of allylic oxidation sites excluding steroid dienone is 5. The monoisotopic (exact) mass is 216 g/mol. The molecule has 0 aromatic carbocycles. The largest absolute Gasteiger partial charge is 0.373 e. The van der Waals surface area contributed by atoms with E-state index in [0.717, 1.165) is 19.3 Å². The molecule has 1 heteroatoms. The van der Waals surface area contributed by atoms with E-state index < -0.39 is 0 Å². The van der Waals surface area contributed by atoms with Gasteiger partial charge in [0.15, 0.2) is 0 Å². The van der Waals surface area contributed by atoms with Gasteiger partial charge in [-0.05, 0) is 37.8 Å². The molecule has 0 amide bonds. The van der Waals surface area contributed by atoms with E-state index in [1.165, 1.54) is 16.7 Å². The van der Waals surface area contributed by atoms with Crippen molar-refractivity contribution in [3.05, 3.63) is 47.1 Å². The summed E-state index contributed by atoms with van der Waals surface area (Å²) in [7, 11) is 1.82. The lowest BCUT2D eigenvalue weighted by Gasteiger charge is -2.35. The standard InChI is InChI=1S/C15H20O/c1-12-8-9-15(16-3,13(2)10-12)11-14-6-4-5-7-14/h4,6-8,10H,5,9,11H2,1-3H3. The molecule has 2 aliphatic rings. The van der Waals surface area contributed by atoms with E-state index in [1.807, 2.05) is 7.11 Å². The SMILES string of the molecule is COC1(CC2=CCC=C2)CC=C(C)C=C1C. The van der Waals surface area contributed by atoms with Crippen LogP contribution in [-0.2, 0) is 4.74 Å². The normalized spacial score (nSPS) is 28.8. The van der Waals surface area contributed by atoms with Gasteiger partial charge in [-0.2, -0.15) is 0 Å². The summed E-state index contributed by atoms with van der Waals surface area (Å²) in [6.07, 6.45) is 14.3. The first-order chi connectivity index (χ1) is 7.66. The molecule has 0 saturated carbocycles. The van der Waals surface area contributed by atoms with Crippen molar-refractivity contribution < 1.29 is 4.74 Å². The van der Waals surface area contributed by atoms with Gasteiger partial charge < -0.3 is 4.74 Å². The van der Waals surface area contributed by atoms with E-state index in [4.69, 9.17) is 4.74 Å². The molecular weight excluding hydrogens is 196 g/mol. The Balaban J connectivity index is 2.20. The Kier molecular flexibility index (Phi) is 3.15. The second-order valence-electron chi connectivity index (χ2n) is 4.77. The Morgan fingerprint density at radius 3 is 2.69 bits per heavy atom. The summed E-state index contributed by atoms with van der Waals surface area (Å²) in [5.74, 6) is 0. The number of rotatable bonds is 3. The van der Waals surface area contributed by atoms with Crippen molar-refractivity contribution in [1.29, 1.82) is 0 Å². The minimum absolute atomic E-state index is 0.111. The molecule has 2 rings (SSSR count). The number of ether oxygens (including phenoxy) is 1. The smallest absolute Gasteiger partial charge is 0.0962 e. The molecule has 1 atom stereocenters. The highest BCUT2D eigenvalue weighted by molar-refractivity contribution is 5.37. The van der Waals surface area contributed by atoms with Crippen molar-refractivity contribution in [3.63, 3.8) is 0 Å². The summed E-state index contributed by atoms with van der Waals surface area (Å²) in [6.45, 7) is 4.33. The zero-order chi connectivity index (χ0) is 11.6. The highest BCUT2D eigenvalue weighted by Crippen LogP contribution is 2.37. The van der Waals surface area contributed by atoms with Crippen LogP contribution in [0.2, 0.25) is 0 Å². The van der Waals surface area contributed by atoms with Gasteiger partial charge in [0, 0.05) is 13.5 Å². The molecule has 1 nitrogen and oxygen atoms in total. The van der Waals surface area contributed by atoms with Crippen molar-refractivity contribution >= 4 is 0 Å². The molecule has 0 N–H and O–H groups in total. The minimum Gasteiger partial charge on any atom is -0.373 e. The Morgan fingerprint density at radius 2 is 2.12 bits per heavy atom. The molecule has 0 radical (unpaired) electrons. The fraction of sp³-hybridized carbons (Fsp3) is 0.467. The summed E-state index contributed by atoms with van der Waals surface area (Å²) in [5, 5.41) is 0. The molecule has 0 aliphatic heterocycles. The maximum atomic E-state index is 5.81. The molecule has 16 heavy (non-hydrogen) atoms. The van der Waals surface area contributed by atoms with Gasteiger partial charge in [0.25, 0.3) is 0 Å². The van der Waals surface area contributed by atoms with Crippen LogP contribution < -0.4 is 0 Å². The van der Waals surface area contributed by atoms with Crippen LogP contribution in [0.25, 0.3) is 0 Å². The first kappa shape index (κ1) is 11.4. The quantitative estimate of drug-likeness (QED) is 0.694. The molecule has 0 aromatic heterocycles. The third-order valence-corrected chi connectivity index (χ3v) is 3.65. The number of methoxy groups -OCH3 is 1. The van der Waals surface area contributed by atoms with Gasteiger partial charge in [-0.1, -0.05) is 36.0 Å². The zero-order valence-corrected chi connectivity index (χ0v) is 10.4.